The van der Waals surface area contributed by atoms with Crippen LogP contribution in [0.25, 0.3) is 0 Å². The van der Waals surface area contributed by atoms with Crippen LogP contribution in [0.3, 0.4) is 0 Å². The molecule has 3 aromatic rings. The fourth-order valence-electron chi connectivity index (χ4n) is 2.44. The van der Waals surface area contributed by atoms with Gasteiger partial charge in [-0.05, 0) is 54.4 Å². The molecular formula is C21H16N2O4. The summed E-state index contributed by atoms with van der Waals surface area (Å²) in [5, 5.41) is 11.6. The Kier molecular flexibility index (Phi) is 5.33. The number of esters is 1. The van der Waals surface area contributed by atoms with Gasteiger partial charge in [-0.1, -0.05) is 18.2 Å². The van der Waals surface area contributed by atoms with Crippen molar-refractivity contribution in [2.45, 2.75) is 13.5 Å². The summed E-state index contributed by atoms with van der Waals surface area (Å²) in [6.07, 6.45) is 1.41. The molecule has 0 aliphatic carbocycles. The molecule has 0 bridgehead atoms. The van der Waals surface area contributed by atoms with Gasteiger partial charge in [-0.25, -0.2) is 4.79 Å². The highest BCUT2D eigenvalue weighted by atomic mass is 16.5. The lowest BCUT2D eigenvalue weighted by Crippen LogP contribution is -2.13. The molecule has 0 saturated carbocycles. The second-order valence-electron chi connectivity index (χ2n) is 5.85. The number of nitriles is 1. The molecule has 3 rings (SSSR count). The highest BCUT2D eigenvalue weighted by molar-refractivity contribution is 6.03. The lowest BCUT2D eigenvalue weighted by molar-refractivity contribution is 0.0472. The fourth-order valence-corrected chi connectivity index (χ4v) is 2.44. The number of hydrogen-bond acceptors (Lipinski definition) is 5. The molecular weight excluding hydrogens is 344 g/mol. The first-order valence-corrected chi connectivity index (χ1v) is 8.18. The third kappa shape index (κ3) is 4.41. The van der Waals surface area contributed by atoms with Gasteiger partial charge in [0, 0.05) is 5.69 Å². The van der Waals surface area contributed by atoms with E-state index in [4.69, 9.17) is 14.4 Å². The van der Waals surface area contributed by atoms with E-state index in [2.05, 4.69) is 5.32 Å². The summed E-state index contributed by atoms with van der Waals surface area (Å²) in [5.41, 5.74) is 2.83. The quantitative estimate of drug-likeness (QED) is 0.693. The van der Waals surface area contributed by atoms with E-state index >= 15 is 0 Å². The van der Waals surface area contributed by atoms with Crippen LogP contribution in [-0.2, 0) is 11.3 Å². The molecule has 0 radical (unpaired) electrons. The van der Waals surface area contributed by atoms with Crippen LogP contribution in [0, 0.1) is 18.3 Å². The normalized spacial score (nSPS) is 10.1. The maximum Gasteiger partial charge on any atom is 0.338 e. The first kappa shape index (κ1) is 18.0. The minimum absolute atomic E-state index is 0.0519. The van der Waals surface area contributed by atoms with Crippen molar-refractivity contribution in [2.75, 3.05) is 5.32 Å². The Hall–Kier alpha value is -3.85. The first-order chi connectivity index (χ1) is 13.1. The number of amides is 1. The molecule has 0 aliphatic heterocycles. The number of nitrogens with one attached hydrogen (secondary N) is 1. The van der Waals surface area contributed by atoms with E-state index in [0.717, 1.165) is 11.1 Å². The smallest absolute Gasteiger partial charge is 0.338 e. The van der Waals surface area contributed by atoms with Crippen LogP contribution in [0.4, 0.5) is 5.69 Å². The van der Waals surface area contributed by atoms with Gasteiger partial charge in [0.1, 0.15) is 6.61 Å². The number of hydrogen-bond donors (Lipinski definition) is 1. The Bertz CT molecular complexity index is 1020. The molecule has 6 nitrogen and oxygen atoms in total. The highest BCUT2D eigenvalue weighted by Crippen LogP contribution is 2.19. The molecule has 0 spiro atoms. The molecule has 6 heteroatoms. The van der Waals surface area contributed by atoms with E-state index in [9.17, 15) is 9.59 Å². The third-order valence-corrected chi connectivity index (χ3v) is 3.89. The average Bonchev–Trinajstić information content (AvgIpc) is 3.23. The van der Waals surface area contributed by atoms with Gasteiger partial charge in [0.05, 0.1) is 23.5 Å². The van der Waals surface area contributed by atoms with Crippen molar-refractivity contribution in [3.8, 4) is 6.07 Å². The van der Waals surface area contributed by atoms with Crippen molar-refractivity contribution < 1.29 is 18.7 Å². The molecule has 2 aromatic carbocycles. The molecule has 1 N–H and O–H groups in total. The van der Waals surface area contributed by atoms with E-state index in [0.29, 0.717) is 16.8 Å². The Morgan fingerprint density at radius 3 is 2.74 bits per heavy atom. The number of aryl methyl sites for hydroxylation is 1. The largest absolute Gasteiger partial charge is 0.459 e. The average molecular weight is 360 g/mol. The molecule has 0 aliphatic rings. The standard InChI is InChI=1S/C21H16N2O4/c1-14-7-8-17(11-18(14)23-20(24)19-6-3-9-26-19)21(25)27-13-16-5-2-4-15(10-16)12-22/h2-11H,13H2,1H3,(H,23,24). The monoisotopic (exact) mass is 360 g/mol. The van der Waals surface area contributed by atoms with Crippen molar-refractivity contribution in [1.29, 1.82) is 5.26 Å². The Morgan fingerprint density at radius 2 is 2.00 bits per heavy atom. The maximum atomic E-state index is 12.3. The highest BCUT2D eigenvalue weighted by Gasteiger charge is 2.14. The number of ether oxygens (including phenoxy) is 1. The Balaban J connectivity index is 1.70. The number of rotatable bonds is 5. The topological polar surface area (TPSA) is 92.3 Å². The number of anilines is 1. The lowest BCUT2D eigenvalue weighted by atomic mass is 10.1. The van der Waals surface area contributed by atoms with Crippen LogP contribution < -0.4 is 5.32 Å². The minimum Gasteiger partial charge on any atom is -0.459 e. The van der Waals surface area contributed by atoms with E-state index < -0.39 is 11.9 Å². The molecule has 0 fully saturated rings. The van der Waals surface area contributed by atoms with E-state index in [-0.39, 0.29) is 12.4 Å². The van der Waals surface area contributed by atoms with Crippen molar-refractivity contribution in [3.05, 3.63) is 88.9 Å². The van der Waals surface area contributed by atoms with Crippen LogP contribution in [-0.4, -0.2) is 11.9 Å². The molecule has 0 atom stereocenters. The molecule has 0 unspecified atom stereocenters. The second kappa shape index (κ2) is 8.02. The minimum atomic E-state index is -0.522. The summed E-state index contributed by atoms with van der Waals surface area (Å²) in [5.74, 6) is -0.743. The Morgan fingerprint density at radius 1 is 1.15 bits per heavy atom. The molecule has 27 heavy (non-hydrogen) atoms. The molecule has 1 aromatic heterocycles. The van der Waals surface area contributed by atoms with Gasteiger partial charge in [0.15, 0.2) is 5.76 Å². The predicted octanol–water partition coefficient (Wildman–Crippen LogP) is 4.07. The van der Waals surface area contributed by atoms with Crippen LogP contribution in [0.5, 0.6) is 0 Å². The summed E-state index contributed by atoms with van der Waals surface area (Å²) in [7, 11) is 0. The number of nitrogens with zero attached hydrogens (tertiary/aromatic N) is 1. The van der Waals surface area contributed by atoms with Crippen molar-refractivity contribution >= 4 is 17.6 Å². The number of carbonyl (C=O) groups is 2. The third-order valence-electron chi connectivity index (χ3n) is 3.89. The van der Waals surface area contributed by atoms with E-state index in [1.165, 1.54) is 6.26 Å². The summed E-state index contributed by atoms with van der Waals surface area (Å²) >= 11 is 0. The number of carbonyl (C=O) groups excluding carboxylic acids is 2. The molecule has 1 amide bonds. The van der Waals surface area contributed by atoms with Gasteiger partial charge in [-0.15, -0.1) is 0 Å². The van der Waals surface area contributed by atoms with Gasteiger partial charge in [-0.2, -0.15) is 5.26 Å². The molecule has 0 saturated heterocycles. The summed E-state index contributed by atoms with van der Waals surface area (Å²) in [6, 6.07) is 17.0. The number of furan rings is 1. The van der Waals surface area contributed by atoms with Gasteiger partial charge in [0.2, 0.25) is 0 Å². The zero-order valence-corrected chi connectivity index (χ0v) is 14.6. The first-order valence-electron chi connectivity index (χ1n) is 8.18. The van der Waals surface area contributed by atoms with E-state index in [1.807, 2.05) is 13.0 Å². The summed E-state index contributed by atoms with van der Waals surface area (Å²) in [6.45, 7) is 1.87. The van der Waals surface area contributed by atoms with Crippen LogP contribution in [0.15, 0.2) is 65.3 Å². The zero-order valence-electron chi connectivity index (χ0n) is 14.6. The molecule has 134 valence electrons. The summed E-state index contributed by atoms with van der Waals surface area (Å²) in [4.78, 5) is 24.5. The van der Waals surface area contributed by atoms with Gasteiger partial charge >= 0.3 is 5.97 Å². The Labute approximate surface area is 156 Å². The van der Waals surface area contributed by atoms with Gasteiger partial charge < -0.3 is 14.5 Å². The van der Waals surface area contributed by atoms with Gasteiger partial charge in [0.25, 0.3) is 5.91 Å². The lowest BCUT2D eigenvalue weighted by Gasteiger charge is -2.10. The fraction of sp³-hybridized carbons (Fsp3) is 0.0952. The molecule has 1 heterocycles. The number of benzene rings is 2. The van der Waals surface area contributed by atoms with Crippen LogP contribution in [0.2, 0.25) is 0 Å². The van der Waals surface area contributed by atoms with Crippen molar-refractivity contribution in [1.82, 2.24) is 0 Å². The maximum absolute atomic E-state index is 12.3. The second-order valence-corrected chi connectivity index (χ2v) is 5.85. The van der Waals surface area contributed by atoms with E-state index in [1.54, 1.807) is 54.6 Å². The predicted molar refractivity (Wildman–Crippen MR) is 98.1 cm³/mol. The van der Waals surface area contributed by atoms with Crippen molar-refractivity contribution in [2.24, 2.45) is 0 Å². The zero-order chi connectivity index (χ0) is 19.2. The summed E-state index contributed by atoms with van der Waals surface area (Å²) < 4.78 is 10.4. The van der Waals surface area contributed by atoms with Crippen molar-refractivity contribution in [3.63, 3.8) is 0 Å². The SMILES string of the molecule is Cc1ccc(C(=O)OCc2cccc(C#N)c2)cc1NC(=O)c1ccco1. The van der Waals surface area contributed by atoms with Crippen LogP contribution in [0.1, 0.15) is 37.6 Å². The van der Waals surface area contributed by atoms with Crippen LogP contribution >= 0.6 is 0 Å². The van der Waals surface area contributed by atoms with Gasteiger partial charge in [-0.3, -0.25) is 4.79 Å².